The smallest absolute Gasteiger partial charge is 0.410 e. The minimum absolute atomic E-state index is 0.193. The predicted molar refractivity (Wildman–Crippen MR) is 97.8 cm³/mol. The number of aryl methyl sites for hydroxylation is 1. The first kappa shape index (κ1) is 18.0. The molecule has 5 nitrogen and oxygen atoms in total. The summed E-state index contributed by atoms with van der Waals surface area (Å²) in [5.41, 5.74) is 4.51. The first-order chi connectivity index (χ1) is 12.6. The molecule has 26 heavy (non-hydrogen) atoms. The van der Waals surface area contributed by atoms with Gasteiger partial charge in [-0.15, -0.1) is 0 Å². The summed E-state index contributed by atoms with van der Waals surface area (Å²) in [4.78, 5) is 24.6. The number of carbonyl (C=O) groups is 2. The lowest BCUT2D eigenvalue weighted by Gasteiger charge is -2.28. The minimum atomic E-state index is -0.757. The number of carboxylic acids is 1. The first-order valence-electron chi connectivity index (χ1n) is 8.90. The first-order valence-corrected chi connectivity index (χ1v) is 8.90. The van der Waals surface area contributed by atoms with Gasteiger partial charge in [0.2, 0.25) is 0 Å². The van der Waals surface area contributed by atoms with Crippen molar-refractivity contribution in [1.29, 1.82) is 0 Å². The van der Waals surface area contributed by atoms with Crippen molar-refractivity contribution in [3.63, 3.8) is 0 Å². The lowest BCUT2D eigenvalue weighted by atomic mass is 9.95. The molecule has 2 aromatic rings. The van der Waals surface area contributed by atoms with Crippen LogP contribution in [0, 0.1) is 0 Å². The molecule has 0 aliphatic carbocycles. The molecule has 136 valence electrons. The van der Waals surface area contributed by atoms with E-state index in [1.54, 1.807) is 4.90 Å². The fourth-order valence-corrected chi connectivity index (χ4v) is 3.17. The molecule has 0 spiro atoms. The number of carboxylic acid groups (broad SMARTS) is 1. The molecule has 0 saturated carbocycles. The number of carbonyl (C=O) groups excluding carboxylic acids is 1. The van der Waals surface area contributed by atoms with Gasteiger partial charge >= 0.3 is 12.1 Å². The van der Waals surface area contributed by atoms with Gasteiger partial charge < -0.3 is 14.7 Å². The molecule has 0 bridgehead atoms. The molecule has 5 heteroatoms. The van der Waals surface area contributed by atoms with E-state index in [-0.39, 0.29) is 19.1 Å². The summed E-state index contributed by atoms with van der Waals surface area (Å²) >= 11 is 0. The van der Waals surface area contributed by atoms with Gasteiger partial charge in [0, 0.05) is 19.5 Å². The van der Waals surface area contributed by atoms with Crippen LogP contribution in [0.15, 0.2) is 48.5 Å². The van der Waals surface area contributed by atoms with Crippen LogP contribution in [0.3, 0.4) is 0 Å². The standard InChI is InChI=1S/C21H23NO4/c23-20(24)8-4-7-16-9-10-19-14-22(12-11-18(19)13-16)21(25)26-15-17-5-2-1-3-6-17/h1-3,5-6,9-10,13H,4,7-8,11-12,14-15H2,(H,23,24). The van der Waals surface area contributed by atoms with Gasteiger partial charge in [0.25, 0.3) is 0 Å². The molecule has 0 atom stereocenters. The maximum atomic E-state index is 12.3. The zero-order chi connectivity index (χ0) is 18.4. The monoisotopic (exact) mass is 353 g/mol. The molecule has 1 N–H and O–H groups in total. The molecule has 0 unspecified atom stereocenters. The third kappa shape index (κ3) is 4.85. The lowest BCUT2D eigenvalue weighted by molar-refractivity contribution is -0.137. The maximum Gasteiger partial charge on any atom is 0.410 e. The van der Waals surface area contributed by atoms with E-state index >= 15 is 0 Å². The fraction of sp³-hybridized carbons (Fsp3) is 0.333. The summed E-state index contributed by atoms with van der Waals surface area (Å²) in [6, 6.07) is 15.9. The van der Waals surface area contributed by atoms with Crippen molar-refractivity contribution in [3.05, 3.63) is 70.8 Å². The van der Waals surface area contributed by atoms with E-state index in [1.807, 2.05) is 42.5 Å². The van der Waals surface area contributed by atoms with E-state index in [2.05, 4.69) is 6.07 Å². The zero-order valence-electron chi connectivity index (χ0n) is 14.7. The normalized spacial score (nSPS) is 13.2. The van der Waals surface area contributed by atoms with Gasteiger partial charge in [0.15, 0.2) is 0 Å². The Hall–Kier alpha value is -2.82. The van der Waals surface area contributed by atoms with E-state index < -0.39 is 5.97 Å². The van der Waals surface area contributed by atoms with Crippen LogP contribution in [0.2, 0.25) is 0 Å². The Morgan fingerprint density at radius 3 is 2.62 bits per heavy atom. The average molecular weight is 353 g/mol. The van der Waals surface area contributed by atoms with Crippen LogP contribution in [0.25, 0.3) is 0 Å². The number of benzene rings is 2. The van der Waals surface area contributed by atoms with Gasteiger partial charge in [-0.3, -0.25) is 4.79 Å². The summed E-state index contributed by atoms with van der Waals surface area (Å²) in [7, 11) is 0. The molecule has 0 aromatic heterocycles. The van der Waals surface area contributed by atoms with Crippen molar-refractivity contribution in [2.45, 2.75) is 38.8 Å². The Kier molecular flexibility index (Phi) is 5.89. The number of hydrogen-bond donors (Lipinski definition) is 1. The summed E-state index contributed by atoms with van der Waals surface area (Å²) in [6.07, 6.45) is 2.11. The number of nitrogens with zero attached hydrogens (tertiary/aromatic N) is 1. The molecule has 0 fully saturated rings. The Balaban J connectivity index is 1.54. The van der Waals surface area contributed by atoms with Gasteiger partial charge in [-0.05, 0) is 41.5 Å². The highest BCUT2D eigenvalue weighted by Crippen LogP contribution is 2.22. The van der Waals surface area contributed by atoms with Crippen LogP contribution in [0.4, 0.5) is 4.79 Å². The van der Waals surface area contributed by atoms with Crippen LogP contribution in [0.5, 0.6) is 0 Å². The highest BCUT2D eigenvalue weighted by atomic mass is 16.6. The third-order valence-electron chi connectivity index (χ3n) is 4.60. The highest BCUT2D eigenvalue weighted by Gasteiger charge is 2.22. The average Bonchev–Trinajstić information content (AvgIpc) is 2.66. The number of amides is 1. The van der Waals surface area contributed by atoms with Gasteiger partial charge in [0.1, 0.15) is 6.61 Å². The Morgan fingerprint density at radius 1 is 1.04 bits per heavy atom. The van der Waals surface area contributed by atoms with Crippen molar-refractivity contribution in [2.75, 3.05) is 6.54 Å². The molecule has 0 radical (unpaired) electrons. The van der Waals surface area contributed by atoms with Gasteiger partial charge in [-0.25, -0.2) is 4.79 Å². The number of ether oxygens (including phenoxy) is 1. The maximum absolute atomic E-state index is 12.3. The van der Waals surface area contributed by atoms with Crippen molar-refractivity contribution in [2.24, 2.45) is 0 Å². The summed E-state index contributed by atoms with van der Waals surface area (Å²) in [5, 5.41) is 8.73. The molecular formula is C21H23NO4. The number of fused-ring (bicyclic) bond motifs is 1. The van der Waals surface area contributed by atoms with Crippen molar-refractivity contribution < 1.29 is 19.4 Å². The Labute approximate surface area is 153 Å². The van der Waals surface area contributed by atoms with E-state index in [4.69, 9.17) is 9.84 Å². The van der Waals surface area contributed by atoms with Crippen LogP contribution in [-0.2, 0) is 35.5 Å². The largest absolute Gasteiger partial charge is 0.481 e. The molecule has 1 aliphatic rings. The molecule has 1 aliphatic heterocycles. The SMILES string of the molecule is O=C(O)CCCc1ccc2c(c1)CCN(C(=O)OCc1ccccc1)C2. The molecule has 1 amide bonds. The van der Waals surface area contributed by atoms with E-state index in [9.17, 15) is 9.59 Å². The quantitative estimate of drug-likeness (QED) is 0.858. The highest BCUT2D eigenvalue weighted by molar-refractivity contribution is 5.68. The summed E-state index contributed by atoms with van der Waals surface area (Å²) in [6.45, 7) is 1.48. The number of aliphatic carboxylic acids is 1. The van der Waals surface area contributed by atoms with Crippen molar-refractivity contribution in [1.82, 2.24) is 4.90 Å². The Morgan fingerprint density at radius 2 is 1.85 bits per heavy atom. The molecular weight excluding hydrogens is 330 g/mol. The summed E-state index contributed by atoms with van der Waals surface area (Å²) in [5.74, 6) is -0.757. The summed E-state index contributed by atoms with van der Waals surface area (Å²) < 4.78 is 5.41. The topological polar surface area (TPSA) is 66.8 Å². The van der Waals surface area contributed by atoms with Gasteiger partial charge in [-0.1, -0.05) is 48.5 Å². The van der Waals surface area contributed by atoms with Gasteiger partial charge in [-0.2, -0.15) is 0 Å². The second kappa shape index (κ2) is 8.52. The van der Waals surface area contributed by atoms with Crippen LogP contribution >= 0.6 is 0 Å². The molecule has 3 rings (SSSR count). The lowest BCUT2D eigenvalue weighted by Crippen LogP contribution is -2.36. The van der Waals surface area contributed by atoms with E-state index in [1.165, 1.54) is 5.56 Å². The van der Waals surface area contributed by atoms with Crippen LogP contribution < -0.4 is 0 Å². The van der Waals surface area contributed by atoms with Crippen LogP contribution in [0.1, 0.15) is 35.1 Å². The number of hydrogen-bond acceptors (Lipinski definition) is 3. The van der Waals surface area contributed by atoms with Crippen LogP contribution in [-0.4, -0.2) is 28.6 Å². The van der Waals surface area contributed by atoms with Gasteiger partial charge in [0.05, 0.1) is 0 Å². The third-order valence-corrected chi connectivity index (χ3v) is 4.60. The van der Waals surface area contributed by atoms with Crippen molar-refractivity contribution >= 4 is 12.1 Å². The number of rotatable bonds is 6. The fourth-order valence-electron chi connectivity index (χ4n) is 3.17. The minimum Gasteiger partial charge on any atom is -0.481 e. The van der Waals surface area contributed by atoms with E-state index in [0.29, 0.717) is 19.5 Å². The second-order valence-corrected chi connectivity index (χ2v) is 6.56. The predicted octanol–water partition coefficient (Wildman–Crippen LogP) is 3.79. The zero-order valence-corrected chi connectivity index (χ0v) is 14.7. The molecule has 1 heterocycles. The molecule has 0 saturated heterocycles. The second-order valence-electron chi connectivity index (χ2n) is 6.56. The van der Waals surface area contributed by atoms with Crippen molar-refractivity contribution in [3.8, 4) is 0 Å². The Bertz CT molecular complexity index is 773. The molecule has 2 aromatic carbocycles. The van der Waals surface area contributed by atoms with E-state index in [0.717, 1.165) is 29.5 Å².